The first kappa shape index (κ1) is 36.0. The largest absolute Gasteiger partial charge is 0.453 e. The van der Waals surface area contributed by atoms with Crippen LogP contribution in [0.3, 0.4) is 0 Å². The lowest BCUT2D eigenvalue weighted by Gasteiger charge is -2.31. The molecule has 0 aliphatic carbocycles. The molecule has 52 heavy (non-hydrogen) atoms. The number of rotatable bonds is 9. The van der Waals surface area contributed by atoms with Crippen molar-refractivity contribution in [3.8, 4) is 33.6 Å². The molecule has 16 heteroatoms. The van der Waals surface area contributed by atoms with Crippen molar-refractivity contribution in [1.82, 2.24) is 35.1 Å². The highest BCUT2D eigenvalue weighted by Crippen LogP contribution is 2.37. The standard InChI is InChI=1S/C36H40F2N8O6/c1-19(42-35(50)51-4)32(47)45-17-24(37)13-28(45)30-40-15-26(43-30)22-9-5-20(6-10-22)21-7-11-23(12-8-21)27-16-41-31(44-27)29-14-25(38)18-46(29)33(48)36(2,3)52-34(39)49/h5-12,15-16,19,24-25,28-29H,13-14,17-18H2,1-4H3,(H2,39,49)(H,40,43)(H,41,44)(H,42,50)/t19-,24?,25+,28?,29-/m0/s1. The SMILES string of the molecule is COC(=O)N[C@@H](C)C(=O)N1CC(F)CC1c1ncc(-c2ccc(-c3ccc(-c4cnc([C@@H]5C[C@@H](F)CN5C(=O)C(C)(C)OC(N)=O)[nH]4)cc3)cc2)[nH]1. The van der Waals surface area contributed by atoms with Crippen LogP contribution in [0.25, 0.3) is 33.6 Å². The maximum atomic E-state index is 14.5. The van der Waals surface area contributed by atoms with Gasteiger partial charge in [-0.15, -0.1) is 0 Å². The fourth-order valence-electron chi connectivity index (χ4n) is 6.73. The molecule has 5 atom stereocenters. The van der Waals surface area contributed by atoms with Gasteiger partial charge in [-0.2, -0.15) is 0 Å². The molecule has 0 saturated carbocycles. The average molecular weight is 719 g/mol. The Morgan fingerprint density at radius 3 is 1.73 bits per heavy atom. The van der Waals surface area contributed by atoms with Crippen molar-refractivity contribution >= 4 is 24.0 Å². The molecule has 2 aliphatic rings. The fourth-order valence-corrected chi connectivity index (χ4v) is 6.73. The molecule has 2 aromatic carbocycles. The number of likely N-dealkylation sites (tertiary alicyclic amines) is 2. The normalized spacial score (nSPS) is 20.8. The molecule has 274 valence electrons. The molecule has 5 N–H and O–H groups in total. The quantitative estimate of drug-likeness (QED) is 0.187. The van der Waals surface area contributed by atoms with Crippen molar-refractivity contribution in [2.45, 2.75) is 69.7 Å². The number of carbonyl (C=O) groups is 4. The summed E-state index contributed by atoms with van der Waals surface area (Å²) in [6, 6.07) is 13.4. The Kier molecular flexibility index (Phi) is 10.00. The van der Waals surface area contributed by atoms with Crippen LogP contribution >= 0.6 is 0 Å². The molecule has 0 spiro atoms. The predicted molar refractivity (Wildman–Crippen MR) is 185 cm³/mol. The minimum absolute atomic E-state index is 0.0480. The summed E-state index contributed by atoms with van der Waals surface area (Å²) < 4.78 is 38.6. The molecular formula is C36H40F2N8O6. The molecule has 4 amide bonds. The number of aromatic nitrogens is 4. The Morgan fingerprint density at radius 1 is 0.827 bits per heavy atom. The van der Waals surface area contributed by atoms with Gasteiger partial charge in [0, 0.05) is 12.8 Å². The van der Waals surface area contributed by atoms with Crippen LogP contribution in [0, 0.1) is 0 Å². The van der Waals surface area contributed by atoms with E-state index >= 15 is 0 Å². The predicted octanol–water partition coefficient (Wildman–Crippen LogP) is 4.98. The molecule has 14 nitrogen and oxygen atoms in total. The van der Waals surface area contributed by atoms with E-state index in [-0.39, 0.29) is 25.9 Å². The molecule has 0 radical (unpaired) electrons. The molecule has 0 bridgehead atoms. The van der Waals surface area contributed by atoms with E-state index in [1.54, 1.807) is 12.4 Å². The summed E-state index contributed by atoms with van der Waals surface area (Å²) in [7, 11) is 1.20. The first-order chi connectivity index (χ1) is 24.7. The number of nitrogens with two attached hydrogens (primary N) is 1. The third-order valence-corrected chi connectivity index (χ3v) is 9.35. The van der Waals surface area contributed by atoms with Crippen molar-refractivity contribution in [2.24, 2.45) is 5.73 Å². The van der Waals surface area contributed by atoms with Crippen molar-refractivity contribution in [3.63, 3.8) is 0 Å². The minimum Gasteiger partial charge on any atom is -0.453 e. The number of amides is 4. The molecule has 4 aromatic rings. The lowest BCUT2D eigenvalue weighted by atomic mass is 10.0. The number of methoxy groups -OCH3 is 1. The average Bonchev–Trinajstić information content (AvgIpc) is 3.93. The van der Waals surface area contributed by atoms with Crippen LogP contribution in [0.2, 0.25) is 0 Å². The number of hydrogen-bond donors (Lipinski definition) is 4. The molecule has 2 fully saturated rings. The van der Waals surface area contributed by atoms with E-state index in [9.17, 15) is 28.0 Å². The highest BCUT2D eigenvalue weighted by molar-refractivity contribution is 5.87. The van der Waals surface area contributed by atoms with Gasteiger partial charge in [-0.3, -0.25) is 9.59 Å². The number of imidazole rings is 2. The summed E-state index contributed by atoms with van der Waals surface area (Å²) in [5, 5.41) is 2.43. The highest BCUT2D eigenvalue weighted by Gasteiger charge is 2.45. The van der Waals surface area contributed by atoms with Crippen molar-refractivity contribution < 1.29 is 37.4 Å². The summed E-state index contributed by atoms with van der Waals surface area (Å²) in [6.45, 7) is 4.08. The van der Waals surface area contributed by atoms with E-state index in [0.29, 0.717) is 23.0 Å². The number of alkyl halides is 2. The van der Waals surface area contributed by atoms with E-state index in [2.05, 4.69) is 30.0 Å². The second-order valence-corrected chi connectivity index (χ2v) is 13.5. The number of nitrogens with one attached hydrogen (secondary N) is 3. The van der Waals surface area contributed by atoms with Gasteiger partial charge in [-0.1, -0.05) is 48.5 Å². The number of hydrogen-bond acceptors (Lipinski definition) is 8. The van der Waals surface area contributed by atoms with E-state index in [4.69, 9.17) is 10.5 Å². The minimum atomic E-state index is -1.57. The first-order valence-electron chi connectivity index (χ1n) is 16.8. The van der Waals surface area contributed by atoms with Gasteiger partial charge in [0.15, 0.2) is 5.60 Å². The number of primary amides is 1. The zero-order valence-corrected chi connectivity index (χ0v) is 29.1. The van der Waals surface area contributed by atoms with Crippen LogP contribution in [0.4, 0.5) is 18.4 Å². The van der Waals surface area contributed by atoms with E-state index in [1.165, 1.54) is 37.7 Å². The molecule has 2 saturated heterocycles. The van der Waals surface area contributed by atoms with Crippen LogP contribution in [-0.4, -0.2) is 97.9 Å². The zero-order chi connectivity index (χ0) is 37.3. The number of benzene rings is 2. The Bertz CT molecular complexity index is 1950. The van der Waals surface area contributed by atoms with Crippen LogP contribution in [-0.2, 0) is 19.1 Å². The van der Waals surface area contributed by atoms with Crippen LogP contribution < -0.4 is 11.1 Å². The van der Waals surface area contributed by atoms with Crippen molar-refractivity contribution in [3.05, 3.63) is 72.6 Å². The molecule has 2 unspecified atom stereocenters. The Balaban J connectivity index is 1.12. The summed E-state index contributed by atoms with van der Waals surface area (Å²) in [4.78, 5) is 67.2. The Morgan fingerprint density at radius 2 is 1.27 bits per heavy atom. The first-order valence-corrected chi connectivity index (χ1v) is 16.8. The van der Waals surface area contributed by atoms with Gasteiger partial charge in [0.1, 0.15) is 30.0 Å². The summed E-state index contributed by atoms with van der Waals surface area (Å²) in [6.07, 6.45) is -0.929. The number of nitrogens with zero attached hydrogens (tertiary/aromatic N) is 4. The Hall–Kier alpha value is -5.80. The van der Waals surface area contributed by atoms with Crippen LogP contribution in [0.15, 0.2) is 60.9 Å². The van der Waals surface area contributed by atoms with Gasteiger partial charge < -0.3 is 40.3 Å². The number of H-pyrrole nitrogens is 2. The summed E-state index contributed by atoms with van der Waals surface area (Å²) in [5.74, 6) is -0.131. The summed E-state index contributed by atoms with van der Waals surface area (Å²) >= 11 is 0. The Labute approximate surface area is 298 Å². The van der Waals surface area contributed by atoms with Gasteiger partial charge in [0.25, 0.3) is 5.91 Å². The summed E-state index contributed by atoms with van der Waals surface area (Å²) in [5.41, 5.74) is 8.54. The monoisotopic (exact) mass is 718 g/mol. The molecular weight excluding hydrogens is 678 g/mol. The van der Waals surface area contributed by atoms with Crippen LogP contribution in [0.1, 0.15) is 57.3 Å². The van der Waals surface area contributed by atoms with Gasteiger partial charge in [-0.05, 0) is 43.0 Å². The number of aromatic amines is 2. The van der Waals surface area contributed by atoms with Gasteiger partial charge in [-0.25, -0.2) is 28.3 Å². The van der Waals surface area contributed by atoms with Gasteiger partial charge >= 0.3 is 12.2 Å². The second-order valence-electron chi connectivity index (χ2n) is 13.5. The van der Waals surface area contributed by atoms with Gasteiger partial charge in [0.2, 0.25) is 5.91 Å². The number of carbonyl (C=O) groups excluding carboxylic acids is 4. The smallest absolute Gasteiger partial charge is 0.407 e. The van der Waals surface area contributed by atoms with Crippen LogP contribution in [0.5, 0.6) is 0 Å². The number of alkyl carbamates (subject to hydrolysis) is 1. The molecule has 2 aliphatic heterocycles. The van der Waals surface area contributed by atoms with Crippen molar-refractivity contribution in [1.29, 1.82) is 0 Å². The fraction of sp³-hybridized carbons (Fsp3) is 0.389. The lowest BCUT2D eigenvalue weighted by molar-refractivity contribution is -0.149. The highest BCUT2D eigenvalue weighted by atomic mass is 19.1. The number of ether oxygens (including phenoxy) is 2. The maximum Gasteiger partial charge on any atom is 0.407 e. The van der Waals surface area contributed by atoms with E-state index in [1.807, 2.05) is 48.5 Å². The molecule has 6 rings (SSSR count). The lowest BCUT2D eigenvalue weighted by Crippen LogP contribution is -2.48. The second kappa shape index (κ2) is 14.4. The maximum absolute atomic E-state index is 14.5. The molecule has 4 heterocycles. The molecule has 2 aromatic heterocycles. The number of halogens is 2. The van der Waals surface area contributed by atoms with Gasteiger partial charge in [0.05, 0.1) is 56.1 Å². The third kappa shape index (κ3) is 7.45. The zero-order valence-electron chi connectivity index (χ0n) is 29.1. The van der Waals surface area contributed by atoms with Crippen molar-refractivity contribution in [2.75, 3.05) is 20.2 Å². The topological polar surface area (TPSA) is 189 Å². The van der Waals surface area contributed by atoms with E-state index in [0.717, 1.165) is 22.3 Å². The third-order valence-electron chi connectivity index (χ3n) is 9.35. The van der Waals surface area contributed by atoms with E-state index < -0.39 is 60.1 Å².